The fourth-order valence-electron chi connectivity index (χ4n) is 0.518. The molecular formula is C4H6FN3S. The van der Waals surface area contributed by atoms with Crippen LogP contribution in [-0.4, -0.2) is 21.0 Å². The molecule has 1 aromatic rings. The Morgan fingerprint density at radius 3 is 2.56 bits per heavy atom. The second-order valence-electron chi connectivity index (χ2n) is 1.49. The Bertz CT molecular complexity index is 210. The third kappa shape index (κ3) is 1.21. The van der Waals surface area contributed by atoms with Crippen molar-refractivity contribution >= 4 is 11.8 Å². The van der Waals surface area contributed by atoms with Gasteiger partial charge in [-0.25, -0.2) is 4.68 Å². The summed E-state index contributed by atoms with van der Waals surface area (Å²) in [6, 6.07) is 0. The van der Waals surface area contributed by atoms with Crippen LogP contribution >= 0.6 is 11.8 Å². The Morgan fingerprint density at radius 2 is 2.33 bits per heavy atom. The topological polar surface area (TPSA) is 30.7 Å². The van der Waals surface area contributed by atoms with Crippen molar-refractivity contribution in [3.05, 3.63) is 6.08 Å². The summed E-state index contributed by atoms with van der Waals surface area (Å²) < 4.78 is 13.5. The lowest BCUT2D eigenvalue weighted by atomic mass is 11.2. The predicted octanol–water partition coefficient (Wildman–Crippen LogP) is 0.676. The first kappa shape index (κ1) is 6.54. The average Bonchev–Trinajstić information content (AvgIpc) is 2.10. The van der Waals surface area contributed by atoms with Gasteiger partial charge in [-0.1, -0.05) is 11.8 Å². The first-order valence-corrected chi connectivity index (χ1v) is 3.57. The van der Waals surface area contributed by atoms with Crippen LogP contribution in [0.15, 0.2) is 5.16 Å². The maximum absolute atomic E-state index is 12.1. The quantitative estimate of drug-likeness (QED) is 0.547. The first-order chi connectivity index (χ1) is 4.24. The zero-order valence-electron chi connectivity index (χ0n) is 5.13. The number of hydrogen-bond donors (Lipinski definition) is 0. The van der Waals surface area contributed by atoms with Gasteiger partial charge >= 0.3 is 6.08 Å². The maximum Gasteiger partial charge on any atom is 0.328 e. The normalized spacial score (nSPS) is 10.1. The minimum absolute atomic E-state index is 0.590. The van der Waals surface area contributed by atoms with Crippen LogP contribution in [0.4, 0.5) is 4.39 Å². The third-order valence-electron chi connectivity index (χ3n) is 0.880. The van der Waals surface area contributed by atoms with Gasteiger partial charge in [0.05, 0.1) is 0 Å². The van der Waals surface area contributed by atoms with E-state index in [0.29, 0.717) is 5.16 Å². The van der Waals surface area contributed by atoms with Crippen molar-refractivity contribution < 1.29 is 4.39 Å². The Labute approximate surface area is 56.3 Å². The molecule has 1 rings (SSSR count). The van der Waals surface area contributed by atoms with Crippen LogP contribution < -0.4 is 0 Å². The summed E-state index contributed by atoms with van der Waals surface area (Å²) in [4.78, 5) is 3.48. The fraction of sp³-hybridized carbons (Fsp3) is 0.500. The lowest BCUT2D eigenvalue weighted by molar-refractivity contribution is 0.528. The van der Waals surface area contributed by atoms with E-state index >= 15 is 0 Å². The molecule has 0 radical (unpaired) electrons. The summed E-state index contributed by atoms with van der Waals surface area (Å²) in [6.45, 7) is 0. The summed E-state index contributed by atoms with van der Waals surface area (Å²) >= 11 is 1.37. The predicted molar refractivity (Wildman–Crippen MR) is 32.7 cm³/mol. The number of hydrogen-bond acceptors (Lipinski definition) is 3. The molecule has 0 aromatic carbocycles. The SMILES string of the molecule is CSc1nc(F)nn1C. The van der Waals surface area contributed by atoms with Gasteiger partial charge in [-0.15, -0.1) is 5.10 Å². The van der Waals surface area contributed by atoms with Gasteiger partial charge in [-0.3, -0.25) is 0 Å². The minimum Gasteiger partial charge on any atom is -0.241 e. The highest BCUT2D eigenvalue weighted by Gasteiger charge is 2.02. The molecule has 0 amide bonds. The molecule has 0 unspecified atom stereocenters. The Kier molecular flexibility index (Phi) is 1.70. The molecule has 3 nitrogen and oxygen atoms in total. The molecule has 0 spiro atoms. The van der Waals surface area contributed by atoms with E-state index in [2.05, 4.69) is 10.1 Å². The smallest absolute Gasteiger partial charge is 0.241 e. The number of aryl methyl sites for hydroxylation is 1. The molecule has 0 saturated carbocycles. The van der Waals surface area contributed by atoms with E-state index in [0.717, 1.165) is 0 Å². The first-order valence-electron chi connectivity index (χ1n) is 2.34. The van der Waals surface area contributed by atoms with Gasteiger partial charge in [0.1, 0.15) is 0 Å². The summed E-state index contributed by atoms with van der Waals surface area (Å²) in [5, 5.41) is 3.99. The molecule has 0 fully saturated rings. The second-order valence-corrected chi connectivity index (χ2v) is 2.26. The van der Waals surface area contributed by atoms with Crippen LogP contribution in [0.5, 0.6) is 0 Å². The molecule has 1 aromatic heterocycles. The third-order valence-corrected chi connectivity index (χ3v) is 1.60. The second kappa shape index (κ2) is 2.34. The van der Waals surface area contributed by atoms with Gasteiger partial charge in [0.25, 0.3) is 0 Å². The molecule has 0 atom stereocenters. The molecule has 0 N–H and O–H groups in total. The molecule has 0 aliphatic heterocycles. The van der Waals surface area contributed by atoms with Gasteiger partial charge < -0.3 is 0 Å². The molecule has 0 saturated heterocycles. The molecule has 5 heteroatoms. The van der Waals surface area contributed by atoms with Crippen LogP contribution in [0.3, 0.4) is 0 Å². The molecular weight excluding hydrogens is 141 g/mol. The van der Waals surface area contributed by atoms with Crippen LogP contribution in [0.25, 0.3) is 0 Å². The Balaban J connectivity index is 3.01. The maximum atomic E-state index is 12.1. The minimum atomic E-state index is -0.665. The molecule has 9 heavy (non-hydrogen) atoms. The van der Waals surface area contributed by atoms with Crippen molar-refractivity contribution in [3.8, 4) is 0 Å². The highest BCUT2D eigenvalue weighted by Crippen LogP contribution is 2.08. The summed E-state index contributed by atoms with van der Waals surface area (Å²) in [5.74, 6) is 0. The van der Waals surface area contributed by atoms with E-state index in [1.54, 1.807) is 7.05 Å². The monoisotopic (exact) mass is 147 g/mol. The number of nitrogens with zero attached hydrogens (tertiary/aromatic N) is 3. The lowest BCUT2D eigenvalue weighted by Gasteiger charge is -1.89. The number of aromatic nitrogens is 3. The van der Waals surface area contributed by atoms with E-state index < -0.39 is 6.08 Å². The fourth-order valence-corrected chi connectivity index (χ4v) is 0.990. The molecule has 0 aliphatic rings. The lowest BCUT2D eigenvalue weighted by Crippen LogP contribution is -1.91. The van der Waals surface area contributed by atoms with Crippen molar-refractivity contribution in [1.29, 1.82) is 0 Å². The standard InChI is InChI=1S/C4H6FN3S/c1-8-4(9-2)6-3(5)7-8/h1-2H3. The molecule has 0 bridgehead atoms. The number of rotatable bonds is 1. The van der Waals surface area contributed by atoms with E-state index in [1.165, 1.54) is 16.4 Å². The van der Waals surface area contributed by atoms with Crippen LogP contribution in [0.2, 0.25) is 0 Å². The molecule has 1 heterocycles. The largest absolute Gasteiger partial charge is 0.328 e. The zero-order valence-corrected chi connectivity index (χ0v) is 5.94. The van der Waals surface area contributed by atoms with E-state index in [1.807, 2.05) is 6.26 Å². The van der Waals surface area contributed by atoms with Gasteiger partial charge in [0.15, 0.2) is 5.16 Å². The summed E-state index contributed by atoms with van der Waals surface area (Å²) in [7, 11) is 1.65. The Hall–Kier alpha value is -0.580. The van der Waals surface area contributed by atoms with Gasteiger partial charge in [0, 0.05) is 7.05 Å². The van der Waals surface area contributed by atoms with Crippen molar-refractivity contribution in [2.45, 2.75) is 5.16 Å². The van der Waals surface area contributed by atoms with Crippen LogP contribution in [0, 0.1) is 6.08 Å². The number of thioether (sulfide) groups is 1. The number of halogens is 1. The van der Waals surface area contributed by atoms with Crippen LogP contribution in [0.1, 0.15) is 0 Å². The van der Waals surface area contributed by atoms with Crippen LogP contribution in [-0.2, 0) is 7.05 Å². The molecule has 0 aliphatic carbocycles. The van der Waals surface area contributed by atoms with Crippen molar-refractivity contribution in [1.82, 2.24) is 14.8 Å². The van der Waals surface area contributed by atoms with E-state index in [9.17, 15) is 4.39 Å². The Morgan fingerprint density at radius 1 is 1.67 bits per heavy atom. The summed E-state index contributed by atoms with van der Waals surface area (Å²) in [6.07, 6.45) is 1.16. The summed E-state index contributed by atoms with van der Waals surface area (Å²) in [5.41, 5.74) is 0. The highest BCUT2D eigenvalue weighted by atomic mass is 32.2. The van der Waals surface area contributed by atoms with Gasteiger partial charge in [-0.05, 0) is 6.26 Å². The highest BCUT2D eigenvalue weighted by molar-refractivity contribution is 7.98. The van der Waals surface area contributed by atoms with Crippen molar-refractivity contribution in [2.24, 2.45) is 7.05 Å². The van der Waals surface area contributed by atoms with Gasteiger partial charge in [0.2, 0.25) is 0 Å². The van der Waals surface area contributed by atoms with Crippen molar-refractivity contribution in [3.63, 3.8) is 0 Å². The molecule has 50 valence electrons. The van der Waals surface area contributed by atoms with Gasteiger partial charge in [-0.2, -0.15) is 9.37 Å². The van der Waals surface area contributed by atoms with E-state index in [-0.39, 0.29) is 0 Å². The van der Waals surface area contributed by atoms with Crippen molar-refractivity contribution in [2.75, 3.05) is 6.26 Å². The average molecular weight is 147 g/mol. The zero-order chi connectivity index (χ0) is 6.85. The van der Waals surface area contributed by atoms with E-state index in [4.69, 9.17) is 0 Å².